The molecule has 1 atom stereocenters. The number of nitrogens with one attached hydrogen (secondary N) is 2. The molecule has 1 fully saturated rings. The molecule has 2 N–H and O–H groups in total. The Balaban J connectivity index is 1.71. The van der Waals surface area contributed by atoms with Gasteiger partial charge in [0.1, 0.15) is 16.4 Å². The lowest BCUT2D eigenvalue weighted by Crippen LogP contribution is -2.30. The van der Waals surface area contributed by atoms with E-state index in [1.165, 1.54) is 10.4 Å². The van der Waals surface area contributed by atoms with Crippen molar-refractivity contribution in [2.75, 3.05) is 31.6 Å². The number of benzene rings is 1. The van der Waals surface area contributed by atoms with E-state index in [9.17, 15) is 13.2 Å². The second-order valence-electron chi connectivity index (χ2n) is 6.87. The standard InChI is InChI=1S/C20H27N3O5S/c1-3-27-18-9-8-16(13-19(18)29(25,26)23-10-4-5-11-23)22-20(24)14-21-15(2)17-7-6-12-28-17/h6-9,12-13,15,21H,3-5,10-11,14H2,1-2H3,(H,22,24)/t15-/m1/s1. The number of anilines is 1. The quantitative estimate of drug-likeness (QED) is 0.646. The number of furan rings is 1. The Kier molecular flexibility index (Phi) is 6.94. The van der Waals surface area contributed by atoms with E-state index in [4.69, 9.17) is 9.15 Å². The maximum absolute atomic E-state index is 13.0. The first kappa shape index (κ1) is 21.4. The maximum atomic E-state index is 13.0. The van der Waals surface area contributed by atoms with Gasteiger partial charge in [0.05, 0.1) is 25.5 Å². The second kappa shape index (κ2) is 9.43. The van der Waals surface area contributed by atoms with E-state index in [1.54, 1.807) is 31.4 Å². The summed E-state index contributed by atoms with van der Waals surface area (Å²) >= 11 is 0. The fraction of sp³-hybridized carbons (Fsp3) is 0.450. The fourth-order valence-electron chi connectivity index (χ4n) is 3.22. The van der Waals surface area contributed by atoms with Crippen LogP contribution in [0.2, 0.25) is 0 Å². The van der Waals surface area contributed by atoms with E-state index in [0.29, 0.717) is 31.1 Å². The molecule has 1 amide bonds. The van der Waals surface area contributed by atoms with Crippen LogP contribution in [0, 0.1) is 0 Å². The molecule has 29 heavy (non-hydrogen) atoms. The summed E-state index contributed by atoms with van der Waals surface area (Å²) in [5, 5.41) is 5.81. The van der Waals surface area contributed by atoms with Crippen molar-refractivity contribution in [2.45, 2.75) is 37.6 Å². The van der Waals surface area contributed by atoms with Gasteiger partial charge in [0, 0.05) is 18.8 Å². The van der Waals surface area contributed by atoms with Crippen molar-refractivity contribution in [1.82, 2.24) is 9.62 Å². The molecule has 2 aromatic rings. The number of hydrogen-bond donors (Lipinski definition) is 2. The van der Waals surface area contributed by atoms with E-state index in [1.807, 2.05) is 13.0 Å². The van der Waals surface area contributed by atoms with Crippen LogP contribution >= 0.6 is 0 Å². The summed E-state index contributed by atoms with van der Waals surface area (Å²) in [6.07, 6.45) is 3.27. The third-order valence-electron chi connectivity index (χ3n) is 4.75. The fourth-order valence-corrected chi connectivity index (χ4v) is 4.89. The molecule has 1 aliphatic heterocycles. The van der Waals surface area contributed by atoms with E-state index in [-0.39, 0.29) is 23.4 Å². The molecule has 0 radical (unpaired) electrons. The van der Waals surface area contributed by atoms with Crippen LogP contribution in [0.5, 0.6) is 5.75 Å². The second-order valence-corrected chi connectivity index (χ2v) is 8.78. The summed E-state index contributed by atoms with van der Waals surface area (Å²) in [7, 11) is -3.68. The van der Waals surface area contributed by atoms with Crippen LogP contribution in [-0.4, -0.2) is 44.9 Å². The van der Waals surface area contributed by atoms with Gasteiger partial charge in [-0.25, -0.2) is 8.42 Å². The molecule has 1 aliphatic rings. The van der Waals surface area contributed by atoms with Crippen molar-refractivity contribution in [1.29, 1.82) is 0 Å². The van der Waals surface area contributed by atoms with E-state index >= 15 is 0 Å². The Morgan fingerprint density at radius 3 is 2.69 bits per heavy atom. The van der Waals surface area contributed by atoms with Gasteiger partial charge in [0.15, 0.2) is 0 Å². The van der Waals surface area contributed by atoms with E-state index in [0.717, 1.165) is 18.6 Å². The molecule has 2 heterocycles. The first-order valence-electron chi connectivity index (χ1n) is 9.75. The number of amides is 1. The summed E-state index contributed by atoms with van der Waals surface area (Å²) in [4.78, 5) is 12.4. The van der Waals surface area contributed by atoms with Crippen LogP contribution in [-0.2, 0) is 14.8 Å². The van der Waals surface area contributed by atoms with Gasteiger partial charge in [-0.15, -0.1) is 0 Å². The van der Waals surface area contributed by atoms with E-state index < -0.39 is 10.0 Å². The van der Waals surface area contributed by atoms with Gasteiger partial charge in [0.25, 0.3) is 0 Å². The smallest absolute Gasteiger partial charge is 0.246 e. The van der Waals surface area contributed by atoms with Crippen LogP contribution in [0.3, 0.4) is 0 Å². The van der Waals surface area contributed by atoms with Crippen molar-refractivity contribution < 1.29 is 22.4 Å². The van der Waals surface area contributed by atoms with Gasteiger partial charge in [-0.05, 0) is 57.0 Å². The molecular weight excluding hydrogens is 394 g/mol. The minimum atomic E-state index is -3.68. The molecule has 0 saturated carbocycles. The minimum absolute atomic E-state index is 0.0588. The first-order valence-corrected chi connectivity index (χ1v) is 11.2. The maximum Gasteiger partial charge on any atom is 0.246 e. The van der Waals surface area contributed by atoms with Crippen molar-refractivity contribution >= 4 is 21.6 Å². The van der Waals surface area contributed by atoms with Crippen molar-refractivity contribution in [3.05, 3.63) is 42.4 Å². The molecule has 1 aromatic heterocycles. The summed E-state index contributed by atoms with van der Waals surface area (Å²) < 4.78 is 38.3. The number of nitrogens with zero attached hydrogens (tertiary/aromatic N) is 1. The lowest BCUT2D eigenvalue weighted by atomic mass is 10.2. The highest BCUT2D eigenvalue weighted by Crippen LogP contribution is 2.31. The highest BCUT2D eigenvalue weighted by atomic mass is 32.2. The lowest BCUT2D eigenvalue weighted by Gasteiger charge is -2.19. The molecule has 158 valence electrons. The molecule has 0 bridgehead atoms. The molecule has 8 nitrogen and oxygen atoms in total. The van der Waals surface area contributed by atoms with E-state index in [2.05, 4.69) is 10.6 Å². The highest BCUT2D eigenvalue weighted by molar-refractivity contribution is 7.89. The molecule has 9 heteroatoms. The number of rotatable bonds is 9. The normalized spacial score (nSPS) is 15.9. The summed E-state index contributed by atoms with van der Waals surface area (Å²) in [6, 6.07) is 8.19. The summed E-state index contributed by atoms with van der Waals surface area (Å²) in [6.45, 7) is 5.10. The van der Waals surface area contributed by atoms with Crippen LogP contribution in [0.4, 0.5) is 5.69 Å². The number of carbonyl (C=O) groups is 1. The molecule has 0 unspecified atom stereocenters. The Hall–Kier alpha value is -2.36. The monoisotopic (exact) mass is 421 g/mol. The topological polar surface area (TPSA) is 101 Å². The predicted octanol–water partition coefficient (Wildman–Crippen LogP) is 2.75. The molecule has 0 spiro atoms. The summed E-state index contributed by atoms with van der Waals surface area (Å²) in [5.74, 6) is 0.747. The third kappa shape index (κ3) is 5.17. The number of hydrogen-bond acceptors (Lipinski definition) is 6. The average molecular weight is 422 g/mol. The predicted molar refractivity (Wildman–Crippen MR) is 109 cm³/mol. The Morgan fingerprint density at radius 1 is 1.28 bits per heavy atom. The number of ether oxygens (including phenoxy) is 1. The Morgan fingerprint density at radius 2 is 2.03 bits per heavy atom. The average Bonchev–Trinajstić information content (AvgIpc) is 3.41. The SMILES string of the molecule is CCOc1ccc(NC(=O)CN[C@H](C)c2ccco2)cc1S(=O)(=O)N1CCCC1. The zero-order chi connectivity index (χ0) is 20.9. The van der Waals surface area contributed by atoms with Gasteiger partial charge in [0.2, 0.25) is 15.9 Å². The van der Waals surface area contributed by atoms with Crippen molar-refractivity contribution in [3.8, 4) is 5.75 Å². The minimum Gasteiger partial charge on any atom is -0.492 e. The highest BCUT2D eigenvalue weighted by Gasteiger charge is 2.30. The van der Waals surface area contributed by atoms with Gasteiger partial charge >= 0.3 is 0 Å². The van der Waals surface area contributed by atoms with Crippen LogP contribution in [0.1, 0.15) is 38.5 Å². The Bertz CT molecular complexity index is 922. The zero-order valence-electron chi connectivity index (χ0n) is 16.7. The van der Waals surface area contributed by atoms with Crippen LogP contribution < -0.4 is 15.4 Å². The van der Waals surface area contributed by atoms with Crippen LogP contribution in [0.25, 0.3) is 0 Å². The van der Waals surface area contributed by atoms with Crippen LogP contribution in [0.15, 0.2) is 45.9 Å². The van der Waals surface area contributed by atoms with Gasteiger partial charge in [-0.1, -0.05) is 0 Å². The molecule has 3 rings (SSSR count). The van der Waals surface area contributed by atoms with Gasteiger partial charge in [-0.3, -0.25) is 10.1 Å². The van der Waals surface area contributed by atoms with Crippen molar-refractivity contribution in [2.24, 2.45) is 0 Å². The number of carbonyl (C=O) groups excluding carboxylic acids is 1. The molecule has 1 saturated heterocycles. The number of sulfonamides is 1. The van der Waals surface area contributed by atoms with Gasteiger partial charge in [-0.2, -0.15) is 4.31 Å². The Labute approximate surface area is 171 Å². The lowest BCUT2D eigenvalue weighted by molar-refractivity contribution is -0.115. The zero-order valence-corrected chi connectivity index (χ0v) is 17.5. The molecular formula is C20H27N3O5S. The molecule has 0 aliphatic carbocycles. The third-order valence-corrected chi connectivity index (χ3v) is 6.67. The van der Waals surface area contributed by atoms with Gasteiger partial charge < -0.3 is 14.5 Å². The first-order chi connectivity index (χ1) is 13.9. The molecule has 1 aromatic carbocycles. The summed E-state index contributed by atoms with van der Waals surface area (Å²) in [5.41, 5.74) is 0.406. The largest absolute Gasteiger partial charge is 0.492 e. The van der Waals surface area contributed by atoms with Crippen molar-refractivity contribution in [3.63, 3.8) is 0 Å².